The van der Waals surface area contributed by atoms with Crippen molar-refractivity contribution in [2.75, 3.05) is 24.3 Å². The number of hydrogen-bond donors (Lipinski definition) is 2. The van der Waals surface area contributed by atoms with Gasteiger partial charge in [-0.1, -0.05) is 69.0 Å². The van der Waals surface area contributed by atoms with Gasteiger partial charge in [0.2, 0.25) is 0 Å². The van der Waals surface area contributed by atoms with E-state index >= 15 is 0 Å². The molecule has 8 heteroatoms. The number of para-hydroxylation sites is 1. The first kappa shape index (κ1) is 38.4. The van der Waals surface area contributed by atoms with Crippen LogP contribution in [0.1, 0.15) is 117 Å². The smallest absolute Gasteiger partial charge is 0.261 e. The Morgan fingerprint density at radius 1 is 0.735 bits per heavy atom. The topological polar surface area (TPSA) is 80.4 Å². The second-order valence-corrected chi connectivity index (χ2v) is 24.1. The Labute approximate surface area is 314 Å². The molecule has 49 heavy (non-hydrogen) atoms. The molecule has 4 nitrogen and oxygen atoms in total. The largest absolute Gasteiger partial charge is 0.406 e. The molecule has 0 amide bonds. The van der Waals surface area contributed by atoms with Gasteiger partial charge in [0.1, 0.15) is 0 Å². The van der Waals surface area contributed by atoms with Crippen LogP contribution in [0.2, 0.25) is 0 Å². The Balaban J connectivity index is 0.000000650. The van der Waals surface area contributed by atoms with Crippen LogP contribution < -0.4 is 16.3 Å². The van der Waals surface area contributed by atoms with Gasteiger partial charge in [-0.05, 0) is 160 Å². The van der Waals surface area contributed by atoms with Crippen LogP contribution in [-0.2, 0) is 30.5 Å². The first-order valence-electron chi connectivity index (χ1n) is 19.4. The predicted molar refractivity (Wildman–Crippen MR) is 207 cm³/mol. The summed E-state index contributed by atoms with van der Waals surface area (Å²) in [7, 11) is -4.09. The summed E-state index contributed by atoms with van der Waals surface area (Å²) < 4.78 is 25.9. The summed E-state index contributed by atoms with van der Waals surface area (Å²) in [6.07, 6.45) is 27.6. The van der Waals surface area contributed by atoms with Crippen molar-refractivity contribution in [3.8, 4) is 11.1 Å². The number of nitrogen functional groups attached to an aromatic ring is 1. The summed E-state index contributed by atoms with van der Waals surface area (Å²) in [6.45, 7) is 4.87. The van der Waals surface area contributed by atoms with Crippen molar-refractivity contribution in [1.82, 2.24) is 0 Å². The van der Waals surface area contributed by atoms with Gasteiger partial charge in [-0.2, -0.15) is 8.42 Å². The summed E-state index contributed by atoms with van der Waals surface area (Å²) in [4.78, 5) is 0. The molecular formula is C41H60NO3P2PdS-. The van der Waals surface area contributed by atoms with Crippen molar-refractivity contribution >= 4 is 42.3 Å². The number of anilines is 1. The molecule has 10 rings (SSSR count). The van der Waals surface area contributed by atoms with Gasteiger partial charge < -0.3 is 5.73 Å². The van der Waals surface area contributed by atoms with Crippen molar-refractivity contribution in [3.05, 3.63) is 42.5 Å². The van der Waals surface area contributed by atoms with Crippen LogP contribution >= 0.6 is 15.8 Å². The van der Waals surface area contributed by atoms with Crippen molar-refractivity contribution < 1.29 is 33.4 Å². The second kappa shape index (κ2) is 15.6. The minimum absolute atomic E-state index is 0. The van der Waals surface area contributed by atoms with Gasteiger partial charge in [0.15, 0.2) is 0 Å². The van der Waals surface area contributed by atoms with Crippen LogP contribution in [0.5, 0.6) is 0 Å². The van der Waals surface area contributed by atoms with E-state index in [1.807, 2.05) is 5.30 Å². The maximum atomic E-state index is 9.19. The zero-order valence-corrected chi connectivity index (χ0v) is 34.3. The van der Waals surface area contributed by atoms with Gasteiger partial charge in [-0.3, -0.25) is 4.55 Å². The van der Waals surface area contributed by atoms with Crippen LogP contribution in [0.3, 0.4) is 0 Å². The summed E-state index contributed by atoms with van der Waals surface area (Å²) in [5, 5.41) is 4.81. The first-order chi connectivity index (χ1) is 23.0. The monoisotopic (exact) mass is 814 g/mol. The zero-order valence-electron chi connectivity index (χ0n) is 30.1. The maximum absolute atomic E-state index is 9.19. The van der Waals surface area contributed by atoms with Crippen LogP contribution in [0.15, 0.2) is 36.4 Å². The van der Waals surface area contributed by atoms with E-state index in [9.17, 15) is 8.42 Å². The van der Waals surface area contributed by atoms with Crippen LogP contribution in [0, 0.1) is 41.6 Å². The number of benzene rings is 2. The molecule has 0 aromatic heterocycles. The van der Waals surface area contributed by atoms with Crippen molar-refractivity contribution in [2.45, 2.75) is 127 Å². The molecule has 8 saturated carbocycles. The van der Waals surface area contributed by atoms with E-state index in [0.717, 1.165) is 41.2 Å². The molecule has 8 aliphatic rings. The summed E-state index contributed by atoms with van der Waals surface area (Å²) in [5.41, 5.74) is 10.1. The molecule has 0 heterocycles. The molecule has 0 aliphatic heterocycles. The zero-order chi connectivity index (χ0) is 33.7. The van der Waals surface area contributed by atoms with Crippen LogP contribution in [-0.4, -0.2) is 41.9 Å². The van der Waals surface area contributed by atoms with Gasteiger partial charge in [0.25, 0.3) is 10.1 Å². The third-order valence-electron chi connectivity index (χ3n) is 13.3. The third-order valence-corrected chi connectivity index (χ3v) is 20.3. The molecule has 8 fully saturated rings. The fraction of sp³-hybridized carbons (Fsp3) is 0.707. The molecule has 2 unspecified atom stereocenters. The summed E-state index contributed by atoms with van der Waals surface area (Å²) in [5.74, 6) is 6.12. The molecule has 2 aromatic carbocycles. The van der Waals surface area contributed by atoms with Gasteiger partial charge in [0, 0.05) is 20.4 Å². The predicted octanol–water partition coefficient (Wildman–Crippen LogP) is 9.99. The van der Waals surface area contributed by atoms with E-state index in [2.05, 4.69) is 56.3 Å². The quantitative estimate of drug-likeness (QED) is 0.0779. The van der Waals surface area contributed by atoms with E-state index in [4.69, 9.17) is 10.3 Å². The molecule has 0 spiro atoms. The van der Waals surface area contributed by atoms with Crippen molar-refractivity contribution in [2.24, 2.45) is 35.5 Å². The Hall–Kier alpha value is -0.328. The fourth-order valence-electron chi connectivity index (χ4n) is 12.4. The molecule has 274 valence electrons. The van der Waals surface area contributed by atoms with Gasteiger partial charge >= 0.3 is 0 Å². The number of unbranched alkanes of at least 4 members (excludes halogenated alkanes) is 2. The van der Waals surface area contributed by atoms with E-state index < -0.39 is 10.1 Å². The molecule has 2 aromatic rings. The van der Waals surface area contributed by atoms with Gasteiger partial charge in [-0.15, -0.1) is 31.7 Å². The molecule has 0 radical (unpaired) electrons. The second-order valence-electron chi connectivity index (χ2n) is 17.2. The van der Waals surface area contributed by atoms with Gasteiger partial charge in [-0.25, -0.2) is 0 Å². The number of rotatable bonds is 11. The Morgan fingerprint density at radius 2 is 1.14 bits per heavy atom. The third kappa shape index (κ3) is 8.27. The number of hydrogen-bond acceptors (Lipinski definition) is 3. The van der Waals surface area contributed by atoms with Crippen molar-refractivity contribution in [3.63, 3.8) is 0 Å². The minimum atomic E-state index is -3.67. The fourth-order valence-corrected chi connectivity index (χ4v) is 20.9. The normalized spacial score (nSPS) is 34.9. The average molecular weight is 815 g/mol. The SMILES string of the molecule is CCCCP(c1[c-]c(-c2ccccc2N)ccc1P(CCCC)C12CC3CC(CC(C3)C1)C2)C12CC3CC(CC(C3)C1)C2.CS(=O)(=O)O.[Pd]. The Bertz CT molecular complexity index is 1480. The van der Waals surface area contributed by atoms with E-state index in [0.29, 0.717) is 16.6 Å². The molecule has 0 saturated heterocycles. The molecular weight excluding hydrogens is 755 g/mol. The summed E-state index contributed by atoms with van der Waals surface area (Å²) in [6, 6.07) is 18.2. The summed E-state index contributed by atoms with van der Waals surface area (Å²) >= 11 is 0. The Morgan fingerprint density at radius 3 is 1.57 bits per heavy atom. The molecule has 8 aliphatic carbocycles. The van der Waals surface area contributed by atoms with Crippen LogP contribution in [0.4, 0.5) is 5.69 Å². The van der Waals surface area contributed by atoms with Crippen molar-refractivity contribution in [1.29, 1.82) is 0 Å². The molecule has 2 atom stereocenters. The standard InChI is InChI=1S/C40H56NP2.CH4O3S.Pd/c1-3-5-13-42(39-22-28-15-29(23-39)17-30(16-28)24-39)37-12-11-34(35-9-7-8-10-36(35)41)21-38(37)43(14-6-4-2)40-25-31-18-32(26-40)20-33(19-31)27-40;1-5(2,3)4;/h7-12,28-33H,3-6,13-20,22-27,41H2,1-2H3;1H3,(H,2,3,4);/q-1;;. The minimum Gasteiger partial charge on any atom is -0.406 e. The van der Waals surface area contributed by atoms with Gasteiger partial charge in [0.05, 0.1) is 6.26 Å². The van der Waals surface area contributed by atoms with E-state index in [1.54, 1.807) is 63.1 Å². The average Bonchev–Trinajstić information content (AvgIpc) is 3.00. The first-order valence-corrected chi connectivity index (χ1v) is 24.3. The molecule has 3 N–H and O–H groups in total. The van der Waals surface area contributed by atoms with E-state index in [-0.39, 0.29) is 36.3 Å². The van der Waals surface area contributed by atoms with Crippen LogP contribution in [0.25, 0.3) is 11.1 Å². The Kier molecular flexibility index (Phi) is 12.2. The van der Waals surface area contributed by atoms with E-state index in [1.165, 1.54) is 68.4 Å². The number of nitrogens with two attached hydrogens (primary N) is 1. The maximum Gasteiger partial charge on any atom is 0.261 e. The molecule has 8 bridgehead atoms.